The zero-order valence-corrected chi connectivity index (χ0v) is 18.4. The Morgan fingerprint density at radius 3 is 2.48 bits per heavy atom. The summed E-state index contributed by atoms with van der Waals surface area (Å²) in [6, 6.07) is 10.9. The van der Waals surface area contributed by atoms with E-state index >= 15 is 0 Å². The molecule has 0 aliphatic heterocycles. The number of nitrogens with one attached hydrogen (secondary N) is 2. The maximum Gasteiger partial charge on any atom is 0.266 e. The summed E-state index contributed by atoms with van der Waals surface area (Å²) in [5.41, 5.74) is 6.22. The molecule has 150 valence electrons. The maximum atomic E-state index is 12.5. The molecule has 1 aromatic carbocycles. The largest absolute Gasteiger partial charge is 0.319 e. The molecule has 4 nitrogen and oxygen atoms in total. The fourth-order valence-corrected chi connectivity index (χ4v) is 5.13. The average Bonchev–Trinajstić information content (AvgIpc) is 3.18. The van der Waals surface area contributed by atoms with Crippen molar-refractivity contribution in [2.45, 2.75) is 33.6 Å². The van der Waals surface area contributed by atoms with Crippen molar-refractivity contribution in [3.05, 3.63) is 63.0 Å². The van der Waals surface area contributed by atoms with Crippen molar-refractivity contribution < 1.29 is 0 Å². The molecular formula is C24H27N3OS. The van der Waals surface area contributed by atoms with Crippen LogP contribution in [0, 0.1) is 19.8 Å². The lowest BCUT2D eigenvalue weighted by molar-refractivity contribution is 0.478. The van der Waals surface area contributed by atoms with Crippen LogP contribution < -0.4 is 10.9 Å². The van der Waals surface area contributed by atoms with E-state index in [1.165, 1.54) is 16.9 Å². The number of pyridine rings is 2. The van der Waals surface area contributed by atoms with Gasteiger partial charge in [-0.3, -0.25) is 9.78 Å². The molecule has 3 heterocycles. The number of aromatic amines is 1. The minimum Gasteiger partial charge on any atom is -0.319 e. The molecule has 29 heavy (non-hydrogen) atoms. The smallest absolute Gasteiger partial charge is 0.266 e. The molecule has 0 amide bonds. The highest BCUT2D eigenvalue weighted by Gasteiger charge is 2.18. The Bertz CT molecular complexity index is 1240. The molecule has 0 saturated carbocycles. The van der Waals surface area contributed by atoms with E-state index in [0.717, 1.165) is 50.0 Å². The Kier molecular flexibility index (Phi) is 5.28. The third kappa shape index (κ3) is 3.38. The molecule has 0 radical (unpaired) electrons. The first-order chi connectivity index (χ1) is 13.9. The van der Waals surface area contributed by atoms with Crippen molar-refractivity contribution in [1.29, 1.82) is 0 Å². The fourth-order valence-electron chi connectivity index (χ4n) is 4.33. The molecule has 0 aliphatic rings. The highest BCUT2D eigenvalue weighted by atomic mass is 32.1. The Balaban J connectivity index is 1.95. The molecule has 4 rings (SSSR count). The molecule has 0 fully saturated rings. The summed E-state index contributed by atoms with van der Waals surface area (Å²) in [6.07, 6.45) is 0. The van der Waals surface area contributed by atoms with Gasteiger partial charge >= 0.3 is 0 Å². The number of benzene rings is 1. The van der Waals surface area contributed by atoms with E-state index < -0.39 is 0 Å². The monoisotopic (exact) mass is 405 g/mol. The molecule has 2 N–H and O–H groups in total. The number of fused-ring (bicyclic) bond motifs is 3. The third-order valence-electron chi connectivity index (χ3n) is 5.79. The first-order valence-corrected chi connectivity index (χ1v) is 11.0. The predicted octanol–water partition coefficient (Wildman–Crippen LogP) is 5.38. The molecule has 3 aromatic heterocycles. The van der Waals surface area contributed by atoms with Gasteiger partial charge in [-0.15, -0.1) is 11.3 Å². The average molecular weight is 406 g/mol. The van der Waals surface area contributed by atoms with E-state index in [1.807, 2.05) is 19.4 Å². The van der Waals surface area contributed by atoms with Gasteiger partial charge in [-0.1, -0.05) is 38.1 Å². The lowest BCUT2D eigenvalue weighted by Gasteiger charge is -2.21. The lowest BCUT2D eigenvalue weighted by Crippen LogP contribution is -2.21. The molecule has 5 heteroatoms. The normalized spacial score (nSPS) is 12.9. The molecule has 0 bridgehead atoms. The summed E-state index contributed by atoms with van der Waals surface area (Å²) in [4.78, 5) is 20.3. The van der Waals surface area contributed by atoms with E-state index in [1.54, 1.807) is 0 Å². The van der Waals surface area contributed by atoms with E-state index in [-0.39, 0.29) is 5.56 Å². The van der Waals surface area contributed by atoms with Crippen molar-refractivity contribution in [2.24, 2.45) is 5.92 Å². The zero-order chi connectivity index (χ0) is 20.7. The van der Waals surface area contributed by atoms with Crippen molar-refractivity contribution in [2.75, 3.05) is 13.6 Å². The number of hydrogen-bond donors (Lipinski definition) is 2. The van der Waals surface area contributed by atoms with E-state index in [9.17, 15) is 4.79 Å². The van der Waals surface area contributed by atoms with Crippen LogP contribution >= 0.6 is 11.3 Å². The topological polar surface area (TPSA) is 57.8 Å². The van der Waals surface area contributed by atoms with Gasteiger partial charge in [-0.25, -0.2) is 0 Å². The molecule has 0 saturated heterocycles. The number of likely N-dealkylation sites (N-methyl/N-ethyl adjacent to an activating group) is 1. The van der Waals surface area contributed by atoms with Crippen LogP contribution in [0.25, 0.3) is 32.1 Å². The number of nitrogens with zero attached hydrogens (tertiary/aromatic N) is 1. The molecule has 1 atom stereocenters. The lowest BCUT2D eigenvalue weighted by atomic mass is 9.87. The van der Waals surface area contributed by atoms with Crippen LogP contribution in [0.3, 0.4) is 0 Å². The number of H-pyrrole nitrogens is 1. The van der Waals surface area contributed by atoms with Crippen molar-refractivity contribution in [3.8, 4) is 11.1 Å². The number of aromatic nitrogens is 2. The van der Waals surface area contributed by atoms with Gasteiger partial charge in [-0.05, 0) is 55.3 Å². The zero-order valence-electron chi connectivity index (χ0n) is 17.6. The minimum absolute atomic E-state index is 0.0376. The quantitative estimate of drug-likeness (QED) is 0.469. The standard InChI is InChI=1S/C24H27N3OS/c1-13(2)19(12-25-5)16-6-8-17(9-7-16)20-14(3)26-15(4)22-21(20)18-10-11-29-23(18)24(28)27-22/h6-11,13,19,25H,12H2,1-5H3,(H,27,28)/t19-/m1/s1. The van der Waals surface area contributed by atoms with Crippen LogP contribution in [0.4, 0.5) is 0 Å². The summed E-state index contributed by atoms with van der Waals surface area (Å²) in [5, 5.41) is 7.40. The van der Waals surface area contributed by atoms with Gasteiger partial charge in [0.1, 0.15) is 4.70 Å². The van der Waals surface area contributed by atoms with Crippen LogP contribution in [-0.2, 0) is 0 Å². The highest BCUT2D eigenvalue weighted by Crippen LogP contribution is 2.37. The highest BCUT2D eigenvalue weighted by molar-refractivity contribution is 7.17. The van der Waals surface area contributed by atoms with E-state index in [0.29, 0.717) is 11.8 Å². The number of aryl methyl sites for hydroxylation is 2. The van der Waals surface area contributed by atoms with Crippen molar-refractivity contribution >= 4 is 32.3 Å². The van der Waals surface area contributed by atoms with Crippen molar-refractivity contribution in [1.82, 2.24) is 15.3 Å². The number of hydrogen-bond acceptors (Lipinski definition) is 4. The Hall–Kier alpha value is -2.50. The number of thiophene rings is 1. The minimum atomic E-state index is -0.0376. The summed E-state index contributed by atoms with van der Waals surface area (Å²) in [7, 11) is 2.00. The van der Waals surface area contributed by atoms with Gasteiger partial charge in [0.05, 0.1) is 11.2 Å². The summed E-state index contributed by atoms with van der Waals surface area (Å²) < 4.78 is 0.772. The van der Waals surface area contributed by atoms with Crippen LogP contribution in [-0.4, -0.2) is 23.6 Å². The molecule has 4 aromatic rings. The summed E-state index contributed by atoms with van der Waals surface area (Å²) >= 11 is 1.49. The van der Waals surface area contributed by atoms with Gasteiger partial charge in [-0.2, -0.15) is 0 Å². The first-order valence-electron chi connectivity index (χ1n) is 10.1. The van der Waals surface area contributed by atoms with E-state index in [2.05, 4.69) is 61.4 Å². The van der Waals surface area contributed by atoms with Crippen LogP contribution in [0.5, 0.6) is 0 Å². The van der Waals surface area contributed by atoms with Gasteiger partial charge in [0, 0.05) is 28.6 Å². The fraction of sp³-hybridized carbons (Fsp3) is 0.333. The molecule has 0 spiro atoms. The van der Waals surface area contributed by atoms with Crippen LogP contribution in [0.2, 0.25) is 0 Å². The Morgan fingerprint density at radius 2 is 1.83 bits per heavy atom. The van der Waals surface area contributed by atoms with Crippen molar-refractivity contribution in [3.63, 3.8) is 0 Å². The Morgan fingerprint density at radius 1 is 1.10 bits per heavy atom. The SMILES string of the molecule is CNC[C@@H](c1ccc(-c2c(C)nc(C)c3[nH]c(=O)c4sccc4c23)cc1)C(C)C. The maximum absolute atomic E-state index is 12.5. The van der Waals surface area contributed by atoms with Gasteiger partial charge in [0.2, 0.25) is 0 Å². The van der Waals surface area contributed by atoms with Gasteiger partial charge in [0.25, 0.3) is 5.56 Å². The second-order valence-electron chi connectivity index (χ2n) is 8.06. The molecule has 0 unspecified atom stereocenters. The van der Waals surface area contributed by atoms with E-state index in [4.69, 9.17) is 4.98 Å². The van der Waals surface area contributed by atoms with Crippen LogP contribution in [0.1, 0.15) is 36.7 Å². The molecule has 0 aliphatic carbocycles. The second-order valence-corrected chi connectivity index (χ2v) is 8.97. The second kappa shape index (κ2) is 7.73. The van der Waals surface area contributed by atoms with Gasteiger partial charge in [0.15, 0.2) is 0 Å². The molecular weight excluding hydrogens is 378 g/mol. The number of rotatable bonds is 5. The Labute approximate surface area is 175 Å². The third-order valence-corrected chi connectivity index (χ3v) is 6.71. The predicted molar refractivity (Wildman–Crippen MR) is 124 cm³/mol. The summed E-state index contributed by atoms with van der Waals surface area (Å²) in [6.45, 7) is 9.50. The summed E-state index contributed by atoms with van der Waals surface area (Å²) in [5.74, 6) is 1.04. The van der Waals surface area contributed by atoms with Crippen LogP contribution in [0.15, 0.2) is 40.5 Å². The first kappa shape index (κ1) is 19.8. The van der Waals surface area contributed by atoms with Gasteiger partial charge < -0.3 is 10.3 Å².